The first-order chi connectivity index (χ1) is 9.02. The van der Waals surface area contributed by atoms with Gasteiger partial charge in [0.1, 0.15) is 0 Å². The van der Waals surface area contributed by atoms with E-state index < -0.39 is 0 Å². The maximum atomic E-state index is 11.9. The molecule has 100 valence electrons. The summed E-state index contributed by atoms with van der Waals surface area (Å²) in [5.41, 5.74) is 2.20. The minimum absolute atomic E-state index is 0.297. The van der Waals surface area contributed by atoms with Crippen LogP contribution in [0.15, 0.2) is 40.0 Å². The summed E-state index contributed by atoms with van der Waals surface area (Å²) in [5.74, 6) is -0.368. The van der Waals surface area contributed by atoms with Gasteiger partial charge in [-0.05, 0) is 36.8 Å². The standard InChI is InChI=1S/C13H13BrN2O2S/c1-7-10(12(17)18-2)11(16-13(19)15-7)8-3-5-9(14)6-4-8/h3-6,11H,1-2H3,(H2,15,16,19)/t11-/m0/s1. The van der Waals surface area contributed by atoms with Gasteiger partial charge < -0.3 is 15.4 Å². The van der Waals surface area contributed by atoms with Gasteiger partial charge in [-0.2, -0.15) is 0 Å². The van der Waals surface area contributed by atoms with Crippen molar-refractivity contribution in [2.75, 3.05) is 7.11 Å². The topological polar surface area (TPSA) is 50.4 Å². The van der Waals surface area contributed by atoms with E-state index in [2.05, 4.69) is 26.6 Å². The number of esters is 1. The number of allylic oxidation sites excluding steroid dienone is 1. The molecule has 1 aromatic carbocycles. The first kappa shape index (κ1) is 14.0. The molecule has 1 aliphatic heterocycles. The quantitative estimate of drug-likeness (QED) is 0.639. The van der Waals surface area contributed by atoms with Gasteiger partial charge in [0.15, 0.2) is 5.11 Å². The fourth-order valence-corrected chi connectivity index (χ4v) is 2.51. The van der Waals surface area contributed by atoms with Crippen LogP contribution in [0.25, 0.3) is 0 Å². The molecule has 4 nitrogen and oxygen atoms in total. The Balaban J connectivity index is 2.46. The Labute approximate surface area is 125 Å². The molecule has 0 amide bonds. The smallest absolute Gasteiger partial charge is 0.337 e. The molecule has 0 aromatic heterocycles. The van der Waals surface area contributed by atoms with Crippen molar-refractivity contribution in [3.63, 3.8) is 0 Å². The van der Waals surface area contributed by atoms with Gasteiger partial charge in [-0.25, -0.2) is 4.79 Å². The third-order valence-corrected chi connectivity index (χ3v) is 3.63. The molecule has 0 radical (unpaired) electrons. The summed E-state index contributed by atoms with van der Waals surface area (Å²) in [7, 11) is 1.37. The van der Waals surface area contributed by atoms with E-state index in [-0.39, 0.29) is 12.0 Å². The zero-order valence-corrected chi connectivity index (χ0v) is 12.9. The number of hydrogen-bond donors (Lipinski definition) is 2. The van der Waals surface area contributed by atoms with E-state index in [1.165, 1.54) is 7.11 Å². The summed E-state index contributed by atoms with van der Waals surface area (Å²) in [6.07, 6.45) is 0. The third kappa shape index (κ3) is 2.96. The molecule has 1 aliphatic rings. The average Bonchev–Trinajstić information content (AvgIpc) is 2.38. The SMILES string of the molecule is COC(=O)C1=C(C)NC(=S)N[C@H]1c1ccc(Br)cc1. The molecule has 1 atom stereocenters. The predicted molar refractivity (Wildman–Crippen MR) is 80.5 cm³/mol. The van der Waals surface area contributed by atoms with Crippen LogP contribution in [-0.4, -0.2) is 18.2 Å². The average molecular weight is 341 g/mol. The van der Waals surface area contributed by atoms with Gasteiger partial charge in [-0.3, -0.25) is 0 Å². The van der Waals surface area contributed by atoms with Crippen molar-refractivity contribution < 1.29 is 9.53 Å². The molecule has 1 heterocycles. The first-order valence-electron chi connectivity index (χ1n) is 5.65. The Morgan fingerprint density at radius 3 is 2.58 bits per heavy atom. The number of halogens is 1. The number of carbonyl (C=O) groups excluding carboxylic acids is 1. The second kappa shape index (κ2) is 5.71. The molecule has 0 fully saturated rings. The van der Waals surface area contributed by atoms with Gasteiger partial charge in [0.2, 0.25) is 0 Å². The molecule has 0 saturated carbocycles. The summed E-state index contributed by atoms with van der Waals surface area (Å²) < 4.78 is 5.82. The largest absolute Gasteiger partial charge is 0.466 e. The van der Waals surface area contributed by atoms with E-state index in [0.717, 1.165) is 10.0 Å². The number of ether oxygens (including phenoxy) is 1. The Morgan fingerprint density at radius 2 is 2.00 bits per heavy atom. The summed E-state index contributed by atoms with van der Waals surface area (Å²) >= 11 is 8.53. The van der Waals surface area contributed by atoms with E-state index in [0.29, 0.717) is 16.4 Å². The Bertz CT molecular complexity index is 554. The van der Waals surface area contributed by atoms with Crippen LogP contribution in [-0.2, 0) is 9.53 Å². The summed E-state index contributed by atoms with van der Waals surface area (Å²) in [6, 6.07) is 7.42. The molecule has 0 aliphatic carbocycles. The van der Waals surface area contributed by atoms with Crippen LogP contribution in [0.1, 0.15) is 18.5 Å². The summed E-state index contributed by atoms with van der Waals surface area (Å²) in [4.78, 5) is 11.9. The van der Waals surface area contributed by atoms with Gasteiger partial charge in [0.25, 0.3) is 0 Å². The van der Waals surface area contributed by atoms with Gasteiger partial charge in [0.05, 0.1) is 18.7 Å². The lowest BCUT2D eigenvalue weighted by molar-refractivity contribution is -0.136. The maximum Gasteiger partial charge on any atom is 0.337 e. The lowest BCUT2D eigenvalue weighted by Gasteiger charge is -2.29. The van der Waals surface area contributed by atoms with Crippen molar-refractivity contribution in [2.24, 2.45) is 0 Å². The second-order valence-electron chi connectivity index (χ2n) is 4.11. The number of methoxy groups -OCH3 is 1. The van der Waals surface area contributed by atoms with Crippen LogP contribution < -0.4 is 10.6 Å². The predicted octanol–water partition coefficient (Wildman–Crippen LogP) is 2.41. The van der Waals surface area contributed by atoms with Gasteiger partial charge in [0, 0.05) is 10.2 Å². The maximum absolute atomic E-state index is 11.9. The summed E-state index contributed by atoms with van der Waals surface area (Å²) in [5, 5.41) is 6.54. The van der Waals surface area contributed by atoms with Crippen LogP contribution in [0, 0.1) is 0 Å². The van der Waals surface area contributed by atoms with Gasteiger partial charge in [-0.1, -0.05) is 28.1 Å². The zero-order chi connectivity index (χ0) is 14.0. The lowest BCUT2D eigenvalue weighted by atomic mass is 9.96. The van der Waals surface area contributed by atoms with Gasteiger partial charge in [-0.15, -0.1) is 0 Å². The lowest BCUT2D eigenvalue weighted by Crippen LogP contribution is -2.45. The minimum Gasteiger partial charge on any atom is -0.466 e. The van der Waals surface area contributed by atoms with Crippen molar-refractivity contribution in [3.8, 4) is 0 Å². The van der Waals surface area contributed by atoms with Crippen LogP contribution in [0.3, 0.4) is 0 Å². The molecule has 2 N–H and O–H groups in total. The Morgan fingerprint density at radius 1 is 1.37 bits per heavy atom. The highest BCUT2D eigenvalue weighted by molar-refractivity contribution is 9.10. The first-order valence-corrected chi connectivity index (χ1v) is 6.85. The Hall–Kier alpha value is -1.40. The molecule has 1 aromatic rings. The highest BCUT2D eigenvalue weighted by Crippen LogP contribution is 2.28. The van der Waals surface area contributed by atoms with Crippen molar-refractivity contribution >= 4 is 39.2 Å². The monoisotopic (exact) mass is 340 g/mol. The number of benzene rings is 1. The van der Waals surface area contributed by atoms with Crippen molar-refractivity contribution in [1.29, 1.82) is 0 Å². The number of nitrogens with one attached hydrogen (secondary N) is 2. The van der Waals surface area contributed by atoms with E-state index in [4.69, 9.17) is 17.0 Å². The minimum atomic E-state index is -0.368. The van der Waals surface area contributed by atoms with Crippen molar-refractivity contribution in [1.82, 2.24) is 10.6 Å². The number of rotatable bonds is 2. The normalized spacial score (nSPS) is 18.7. The third-order valence-electron chi connectivity index (χ3n) is 2.88. The van der Waals surface area contributed by atoms with Crippen LogP contribution in [0.4, 0.5) is 0 Å². The molecule has 6 heteroatoms. The number of hydrogen-bond acceptors (Lipinski definition) is 3. The molecule has 0 bridgehead atoms. The molecule has 0 saturated heterocycles. The Kier molecular flexibility index (Phi) is 4.21. The van der Waals surface area contributed by atoms with Crippen LogP contribution in [0.2, 0.25) is 0 Å². The van der Waals surface area contributed by atoms with E-state index in [9.17, 15) is 4.79 Å². The molecule has 19 heavy (non-hydrogen) atoms. The molecular formula is C13H13BrN2O2S. The molecule has 0 unspecified atom stereocenters. The zero-order valence-electron chi connectivity index (χ0n) is 10.5. The number of carbonyl (C=O) groups is 1. The highest BCUT2D eigenvalue weighted by atomic mass is 79.9. The molecule has 2 rings (SSSR count). The van der Waals surface area contributed by atoms with Crippen molar-refractivity contribution in [2.45, 2.75) is 13.0 Å². The second-order valence-corrected chi connectivity index (χ2v) is 5.44. The molecular weight excluding hydrogens is 328 g/mol. The molecule has 0 spiro atoms. The van der Waals surface area contributed by atoms with Crippen LogP contribution >= 0.6 is 28.1 Å². The van der Waals surface area contributed by atoms with Crippen molar-refractivity contribution in [3.05, 3.63) is 45.6 Å². The number of thiocarbonyl (C=S) groups is 1. The summed E-state index contributed by atoms with van der Waals surface area (Å²) in [6.45, 7) is 1.81. The van der Waals surface area contributed by atoms with E-state index >= 15 is 0 Å². The fourth-order valence-electron chi connectivity index (χ4n) is 1.98. The van der Waals surface area contributed by atoms with Gasteiger partial charge >= 0.3 is 5.97 Å². The van der Waals surface area contributed by atoms with E-state index in [1.807, 2.05) is 31.2 Å². The van der Waals surface area contributed by atoms with E-state index in [1.54, 1.807) is 0 Å². The highest BCUT2D eigenvalue weighted by Gasteiger charge is 2.30. The van der Waals surface area contributed by atoms with Crippen LogP contribution in [0.5, 0.6) is 0 Å². The fraction of sp³-hybridized carbons (Fsp3) is 0.231.